The molecule has 1 heterocycles. The Balaban J connectivity index is 2.39. The molecule has 1 aliphatic heterocycles. The van der Waals surface area contributed by atoms with Gasteiger partial charge in [0.2, 0.25) is 0 Å². The van der Waals surface area contributed by atoms with E-state index in [2.05, 4.69) is 23.6 Å². The van der Waals surface area contributed by atoms with Gasteiger partial charge in [0.05, 0.1) is 6.61 Å². The van der Waals surface area contributed by atoms with Crippen LogP contribution in [-0.2, 0) is 4.74 Å². The Hall–Kier alpha value is -0.160. The van der Waals surface area contributed by atoms with Crippen LogP contribution in [0.5, 0.6) is 0 Å². The summed E-state index contributed by atoms with van der Waals surface area (Å²) in [6.45, 7) is 11.9. The quantitative estimate of drug-likeness (QED) is 0.712. The van der Waals surface area contributed by atoms with E-state index in [1.165, 1.54) is 26.1 Å². The molecule has 0 radical (unpaired) electrons. The van der Waals surface area contributed by atoms with Gasteiger partial charge in [-0.25, -0.2) is 0 Å². The van der Waals surface area contributed by atoms with Crippen molar-refractivity contribution in [1.82, 2.24) is 9.80 Å². The molecule has 2 unspecified atom stereocenters. The van der Waals surface area contributed by atoms with Gasteiger partial charge in [0.1, 0.15) is 0 Å². The Labute approximate surface area is 106 Å². The zero-order valence-corrected chi connectivity index (χ0v) is 11.7. The van der Waals surface area contributed by atoms with Crippen molar-refractivity contribution in [2.24, 2.45) is 11.7 Å². The fraction of sp³-hybridized carbons (Fsp3) is 1.00. The zero-order chi connectivity index (χ0) is 12.7. The zero-order valence-electron chi connectivity index (χ0n) is 11.7. The van der Waals surface area contributed by atoms with Crippen LogP contribution in [0, 0.1) is 5.92 Å². The summed E-state index contributed by atoms with van der Waals surface area (Å²) in [6.07, 6.45) is 1.25. The number of hydrogen-bond donors (Lipinski definition) is 1. The van der Waals surface area contributed by atoms with Gasteiger partial charge >= 0.3 is 0 Å². The maximum atomic E-state index is 5.92. The third kappa shape index (κ3) is 4.54. The van der Waals surface area contributed by atoms with E-state index >= 15 is 0 Å². The van der Waals surface area contributed by atoms with Crippen molar-refractivity contribution < 1.29 is 4.74 Å². The molecule has 0 aromatic rings. The lowest BCUT2D eigenvalue weighted by atomic mass is 10.0. The van der Waals surface area contributed by atoms with E-state index in [1.54, 1.807) is 7.11 Å². The highest BCUT2D eigenvalue weighted by Gasteiger charge is 2.26. The summed E-state index contributed by atoms with van der Waals surface area (Å²) >= 11 is 0. The fourth-order valence-corrected chi connectivity index (χ4v) is 2.75. The van der Waals surface area contributed by atoms with Crippen LogP contribution in [0.1, 0.15) is 20.3 Å². The third-order valence-electron chi connectivity index (χ3n) is 3.74. The Morgan fingerprint density at radius 3 is 2.35 bits per heavy atom. The van der Waals surface area contributed by atoms with E-state index in [4.69, 9.17) is 10.5 Å². The maximum Gasteiger partial charge on any atom is 0.0503 e. The molecule has 4 nitrogen and oxygen atoms in total. The van der Waals surface area contributed by atoms with Gasteiger partial charge < -0.3 is 15.4 Å². The molecule has 0 bridgehead atoms. The van der Waals surface area contributed by atoms with Gasteiger partial charge in [0.25, 0.3) is 0 Å². The standard InChI is InChI=1S/C13H29N3O/c1-4-5-15-6-8-16(9-7-15)13(10-14)12(2)11-17-3/h12-13H,4-11,14H2,1-3H3. The molecule has 1 saturated heterocycles. The smallest absolute Gasteiger partial charge is 0.0503 e. The lowest BCUT2D eigenvalue weighted by Gasteiger charge is -2.41. The Bertz CT molecular complexity index is 193. The summed E-state index contributed by atoms with van der Waals surface area (Å²) in [5.41, 5.74) is 5.92. The average Bonchev–Trinajstić information content (AvgIpc) is 2.33. The van der Waals surface area contributed by atoms with E-state index in [0.717, 1.165) is 26.2 Å². The molecule has 0 aromatic heterocycles. The molecule has 0 amide bonds. The summed E-state index contributed by atoms with van der Waals surface area (Å²) < 4.78 is 5.24. The lowest BCUT2D eigenvalue weighted by Crippen LogP contribution is -2.54. The number of hydrogen-bond acceptors (Lipinski definition) is 4. The first kappa shape index (κ1) is 14.9. The van der Waals surface area contributed by atoms with Crippen molar-refractivity contribution in [1.29, 1.82) is 0 Å². The fourth-order valence-electron chi connectivity index (χ4n) is 2.75. The molecule has 0 saturated carbocycles. The van der Waals surface area contributed by atoms with Crippen molar-refractivity contribution in [2.45, 2.75) is 26.3 Å². The SMILES string of the molecule is CCCN1CCN(C(CN)C(C)COC)CC1. The molecule has 0 aliphatic carbocycles. The van der Waals surface area contributed by atoms with Crippen molar-refractivity contribution >= 4 is 0 Å². The van der Waals surface area contributed by atoms with E-state index in [1.807, 2.05) is 0 Å². The van der Waals surface area contributed by atoms with Gasteiger partial charge in [-0.05, 0) is 18.9 Å². The monoisotopic (exact) mass is 243 g/mol. The van der Waals surface area contributed by atoms with Gasteiger partial charge in [-0.15, -0.1) is 0 Å². The summed E-state index contributed by atoms with van der Waals surface area (Å²) in [4.78, 5) is 5.08. The average molecular weight is 243 g/mol. The molecule has 1 aliphatic rings. The second kappa shape index (κ2) is 8.03. The third-order valence-corrected chi connectivity index (χ3v) is 3.74. The molecule has 1 fully saturated rings. The highest BCUT2D eigenvalue weighted by Crippen LogP contribution is 2.14. The number of methoxy groups -OCH3 is 1. The van der Waals surface area contributed by atoms with Crippen LogP contribution in [0.4, 0.5) is 0 Å². The van der Waals surface area contributed by atoms with Crippen molar-refractivity contribution in [3.05, 3.63) is 0 Å². The van der Waals surface area contributed by atoms with Crippen LogP contribution in [-0.4, -0.2) is 68.8 Å². The van der Waals surface area contributed by atoms with Gasteiger partial charge in [-0.1, -0.05) is 13.8 Å². The van der Waals surface area contributed by atoms with E-state index < -0.39 is 0 Å². The highest BCUT2D eigenvalue weighted by atomic mass is 16.5. The Morgan fingerprint density at radius 2 is 1.88 bits per heavy atom. The number of piperazine rings is 1. The van der Waals surface area contributed by atoms with Crippen molar-refractivity contribution in [2.75, 3.05) is 53.0 Å². The number of nitrogens with zero attached hydrogens (tertiary/aromatic N) is 2. The Kier molecular flexibility index (Phi) is 7.04. The van der Waals surface area contributed by atoms with Gasteiger partial charge in [0.15, 0.2) is 0 Å². The Morgan fingerprint density at radius 1 is 1.24 bits per heavy atom. The van der Waals surface area contributed by atoms with E-state index in [9.17, 15) is 0 Å². The van der Waals surface area contributed by atoms with Crippen LogP contribution in [0.15, 0.2) is 0 Å². The minimum Gasteiger partial charge on any atom is -0.384 e. The predicted octanol–water partition coefficient (Wildman–Crippen LogP) is 0.624. The summed E-state index contributed by atoms with van der Waals surface area (Å²) in [7, 11) is 1.77. The van der Waals surface area contributed by atoms with Gasteiger partial charge in [0, 0.05) is 45.9 Å². The number of nitrogens with two attached hydrogens (primary N) is 1. The van der Waals surface area contributed by atoms with Gasteiger partial charge in [-0.3, -0.25) is 4.90 Å². The molecule has 0 aromatic carbocycles. The molecule has 4 heteroatoms. The minimum atomic E-state index is 0.471. The first-order valence-corrected chi connectivity index (χ1v) is 6.88. The van der Waals surface area contributed by atoms with Crippen molar-refractivity contribution in [3.8, 4) is 0 Å². The second-order valence-electron chi connectivity index (χ2n) is 5.11. The normalized spacial score (nSPS) is 22.6. The predicted molar refractivity (Wildman–Crippen MR) is 72.2 cm³/mol. The summed E-state index contributed by atoms with van der Waals surface area (Å²) in [6, 6.07) is 0.471. The number of rotatable bonds is 7. The van der Waals surface area contributed by atoms with Crippen LogP contribution < -0.4 is 5.73 Å². The lowest BCUT2D eigenvalue weighted by molar-refractivity contribution is 0.0484. The second-order valence-corrected chi connectivity index (χ2v) is 5.11. The molecule has 0 spiro atoms. The number of ether oxygens (including phenoxy) is 1. The van der Waals surface area contributed by atoms with E-state index in [-0.39, 0.29) is 0 Å². The highest BCUT2D eigenvalue weighted by molar-refractivity contribution is 4.82. The molecule has 2 N–H and O–H groups in total. The van der Waals surface area contributed by atoms with Crippen LogP contribution in [0.25, 0.3) is 0 Å². The molecular weight excluding hydrogens is 214 g/mol. The largest absolute Gasteiger partial charge is 0.384 e. The van der Waals surface area contributed by atoms with Crippen molar-refractivity contribution in [3.63, 3.8) is 0 Å². The van der Waals surface area contributed by atoms with Crippen LogP contribution in [0.2, 0.25) is 0 Å². The minimum absolute atomic E-state index is 0.471. The van der Waals surface area contributed by atoms with E-state index in [0.29, 0.717) is 12.0 Å². The van der Waals surface area contributed by atoms with Crippen LogP contribution in [0.3, 0.4) is 0 Å². The molecule has 17 heavy (non-hydrogen) atoms. The van der Waals surface area contributed by atoms with Crippen LogP contribution >= 0.6 is 0 Å². The molecular formula is C13H29N3O. The first-order chi connectivity index (χ1) is 8.22. The molecule has 102 valence electrons. The van der Waals surface area contributed by atoms with Gasteiger partial charge in [-0.2, -0.15) is 0 Å². The first-order valence-electron chi connectivity index (χ1n) is 6.88. The topological polar surface area (TPSA) is 41.7 Å². The summed E-state index contributed by atoms with van der Waals surface area (Å²) in [5.74, 6) is 0.516. The molecule has 1 rings (SSSR count). The maximum absolute atomic E-state index is 5.92. The molecule has 2 atom stereocenters. The summed E-state index contributed by atoms with van der Waals surface area (Å²) in [5, 5.41) is 0.